The van der Waals surface area contributed by atoms with E-state index in [9.17, 15) is 4.79 Å². The Morgan fingerprint density at radius 2 is 2.00 bits per heavy atom. The summed E-state index contributed by atoms with van der Waals surface area (Å²) in [5.74, 6) is 0.810. The lowest BCUT2D eigenvalue weighted by atomic mass is 9.81. The number of hydrogen-bond acceptors (Lipinski definition) is 2. The molecule has 2 aromatic rings. The van der Waals surface area contributed by atoms with Crippen LogP contribution in [0.2, 0.25) is 0 Å². The molecule has 0 fully saturated rings. The first-order valence-corrected chi connectivity index (χ1v) is 7.13. The number of ether oxygens (including phenoxy) is 1. The number of carbonyl (C=O) groups excluding carboxylic acids is 1. The van der Waals surface area contributed by atoms with E-state index in [2.05, 4.69) is 36.5 Å². The number of amides is 1. The molecule has 0 spiro atoms. The highest BCUT2D eigenvalue weighted by Gasteiger charge is 2.25. The number of rotatable bonds is 2. The summed E-state index contributed by atoms with van der Waals surface area (Å²) in [5, 5.41) is 3.05. The molecule has 0 aromatic heterocycles. The molecular weight excluding hydrogens is 262 g/mol. The number of benzene rings is 2. The first-order chi connectivity index (χ1) is 10.1. The zero-order valence-electron chi connectivity index (χ0n) is 12.6. The molecule has 0 saturated carbocycles. The largest absolute Gasteiger partial charge is 0.497 e. The summed E-state index contributed by atoms with van der Waals surface area (Å²) in [6.07, 6.45) is 0.815. The van der Waals surface area contributed by atoms with Gasteiger partial charge in [-0.1, -0.05) is 29.8 Å². The van der Waals surface area contributed by atoms with E-state index in [4.69, 9.17) is 4.74 Å². The summed E-state index contributed by atoms with van der Waals surface area (Å²) in [6.45, 7) is 3.66. The highest BCUT2D eigenvalue weighted by Crippen LogP contribution is 2.40. The number of fused-ring (bicyclic) bond motifs is 3. The summed E-state index contributed by atoms with van der Waals surface area (Å²) in [7, 11) is 1.66. The van der Waals surface area contributed by atoms with Crippen LogP contribution in [-0.4, -0.2) is 13.0 Å². The Morgan fingerprint density at radius 1 is 1.19 bits per heavy atom. The number of hydrogen-bond donors (Lipinski definition) is 1. The van der Waals surface area contributed by atoms with Gasteiger partial charge in [-0.25, -0.2) is 0 Å². The van der Waals surface area contributed by atoms with Crippen molar-refractivity contribution in [2.24, 2.45) is 0 Å². The zero-order chi connectivity index (χ0) is 15.0. The first-order valence-electron chi connectivity index (χ1n) is 7.13. The van der Waals surface area contributed by atoms with Crippen molar-refractivity contribution < 1.29 is 9.53 Å². The van der Waals surface area contributed by atoms with Crippen LogP contribution in [0.3, 0.4) is 0 Å². The van der Waals surface area contributed by atoms with E-state index in [1.807, 2.05) is 12.1 Å². The maximum Gasteiger partial charge on any atom is 0.217 e. The lowest BCUT2D eigenvalue weighted by molar-refractivity contribution is -0.119. The second-order valence-corrected chi connectivity index (χ2v) is 5.57. The molecule has 1 aliphatic carbocycles. The van der Waals surface area contributed by atoms with Gasteiger partial charge in [-0.2, -0.15) is 0 Å². The van der Waals surface area contributed by atoms with Crippen molar-refractivity contribution in [2.45, 2.75) is 26.3 Å². The third-order valence-electron chi connectivity index (χ3n) is 3.99. The van der Waals surface area contributed by atoms with E-state index < -0.39 is 0 Å². The van der Waals surface area contributed by atoms with Crippen LogP contribution >= 0.6 is 0 Å². The lowest BCUT2D eigenvalue weighted by Gasteiger charge is -2.29. The maximum atomic E-state index is 11.5. The van der Waals surface area contributed by atoms with Gasteiger partial charge in [0.1, 0.15) is 5.75 Å². The molecule has 3 rings (SSSR count). The Morgan fingerprint density at radius 3 is 2.71 bits per heavy atom. The third kappa shape index (κ3) is 2.51. The van der Waals surface area contributed by atoms with Crippen LogP contribution in [0.15, 0.2) is 36.4 Å². The average molecular weight is 281 g/mol. The molecule has 1 amide bonds. The Balaban J connectivity index is 2.16. The van der Waals surface area contributed by atoms with Crippen molar-refractivity contribution in [3.05, 3.63) is 53.1 Å². The maximum absolute atomic E-state index is 11.5. The van der Waals surface area contributed by atoms with E-state index in [0.29, 0.717) is 0 Å². The third-order valence-corrected chi connectivity index (χ3v) is 3.99. The van der Waals surface area contributed by atoms with Gasteiger partial charge in [0.15, 0.2) is 0 Å². The molecule has 108 valence electrons. The fourth-order valence-corrected chi connectivity index (χ4v) is 3.02. The summed E-state index contributed by atoms with van der Waals surface area (Å²) in [6, 6.07) is 12.6. The minimum Gasteiger partial charge on any atom is -0.497 e. The van der Waals surface area contributed by atoms with Gasteiger partial charge in [0.25, 0.3) is 0 Å². The Labute approximate surface area is 124 Å². The highest BCUT2D eigenvalue weighted by atomic mass is 16.5. The lowest BCUT2D eigenvalue weighted by Crippen LogP contribution is -2.30. The van der Waals surface area contributed by atoms with Gasteiger partial charge in [0, 0.05) is 6.92 Å². The molecule has 0 unspecified atom stereocenters. The summed E-state index contributed by atoms with van der Waals surface area (Å²) in [4.78, 5) is 11.5. The molecule has 3 heteroatoms. The van der Waals surface area contributed by atoms with Crippen molar-refractivity contribution in [3.63, 3.8) is 0 Å². The molecule has 1 atom stereocenters. The number of aryl methyl sites for hydroxylation is 1. The van der Waals surface area contributed by atoms with Crippen LogP contribution in [0.25, 0.3) is 11.1 Å². The summed E-state index contributed by atoms with van der Waals surface area (Å²) >= 11 is 0. The van der Waals surface area contributed by atoms with E-state index in [0.717, 1.165) is 17.7 Å². The van der Waals surface area contributed by atoms with Gasteiger partial charge in [-0.05, 0) is 47.7 Å². The molecule has 0 heterocycles. The predicted octanol–water partition coefficient (Wildman–Crippen LogP) is 3.40. The van der Waals surface area contributed by atoms with Gasteiger partial charge in [0.2, 0.25) is 5.91 Å². The van der Waals surface area contributed by atoms with Crippen LogP contribution in [0, 0.1) is 6.92 Å². The van der Waals surface area contributed by atoms with Crippen molar-refractivity contribution >= 4 is 5.91 Å². The molecule has 0 bridgehead atoms. The van der Waals surface area contributed by atoms with Crippen LogP contribution in [0.4, 0.5) is 0 Å². The topological polar surface area (TPSA) is 38.3 Å². The van der Waals surface area contributed by atoms with Gasteiger partial charge >= 0.3 is 0 Å². The van der Waals surface area contributed by atoms with Gasteiger partial charge < -0.3 is 10.1 Å². The van der Waals surface area contributed by atoms with Crippen LogP contribution in [0.5, 0.6) is 5.75 Å². The van der Waals surface area contributed by atoms with Gasteiger partial charge in [-0.3, -0.25) is 4.79 Å². The molecular formula is C18H19NO2. The van der Waals surface area contributed by atoms with Crippen LogP contribution < -0.4 is 10.1 Å². The summed E-state index contributed by atoms with van der Waals surface area (Å²) < 4.78 is 5.33. The monoisotopic (exact) mass is 281 g/mol. The molecule has 0 radical (unpaired) electrons. The second-order valence-electron chi connectivity index (χ2n) is 5.57. The smallest absolute Gasteiger partial charge is 0.217 e. The Bertz CT molecular complexity index is 706. The number of carbonyl (C=O) groups is 1. The quantitative estimate of drug-likeness (QED) is 0.916. The Hall–Kier alpha value is -2.29. The Kier molecular flexibility index (Phi) is 3.42. The predicted molar refractivity (Wildman–Crippen MR) is 83.4 cm³/mol. The molecule has 0 aliphatic heterocycles. The normalized spacial score (nSPS) is 15.9. The minimum absolute atomic E-state index is 0.00260. The van der Waals surface area contributed by atoms with Crippen molar-refractivity contribution in [1.29, 1.82) is 0 Å². The van der Waals surface area contributed by atoms with Crippen LogP contribution in [0.1, 0.15) is 29.7 Å². The summed E-state index contributed by atoms with van der Waals surface area (Å²) in [5.41, 5.74) is 6.09. The SMILES string of the molecule is COc1ccc2c(c1)[C@@H](NC(C)=O)Cc1ccc(C)cc1-2. The van der Waals surface area contributed by atoms with Gasteiger partial charge in [0.05, 0.1) is 13.2 Å². The van der Waals surface area contributed by atoms with E-state index in [-0.39, 0.29) is 11.9 Å². The second kappa shape index (κ2) is 5.24. The first kappa shape index (κ1) is 13.7. The fraction of sp³-hybridized carbons (Fsp3) is 0.278. The molecule has 21 heavy (non-hydrogen) atoms. The standard InChI is InChI=1S/C18H19NO2/c1-11-4-5-13-9-18(19-12(2)20)17-10-14(21-3)6-7-15(17)16(13)8-11/h4-8,10,18H,9H2,1-3H3,(H,19,20)/t18-/m0/s1. The van der Waals surface area contributed by atoms with E-state index in [1.165, 1.54) is 22.3 Å². The molecule has 1 aliphatic rings. The molecule has 0 saturated heterocycles. The minimum atomic E-state index is -0.00988. The number of nitrogens with one attached hydrogen (secondary N) is 1. The average Bonchev–Trinajstić information content (AvgIpc) is 2.47. The number of methoxy groups -OCH3 is 1. The zero-order valence-corrected chi connectivity index (χ0v) is 12.6. The highest BCUT2D eigenvalue weighted by molar-refractivity contribution is 5.78. The molecule has 2 aromatic carbocycles. The van der Waals surface area contributed by atoms with Crippen molar-refractivity contribution in [2.75, 3.05) is 7.11 Å². The van der Waals surface area contributed by atoms with E-state index >= 15 is 0 Å². The van der Waals surface area contributed by atoms with Gasteiger partial charge in [-0.15, -0.1) is 0 Å². The van der Waals surface area contributed by atoms with Crippen molar-refractivity contribution in [3.8, 4) is 16.9 Å². The molecule has 1 N–H and O–H groups in total. The van der Waals surface area contributed by atoms with Crippen LogP contribution in [-0.2, 0) is 11.2 Å². The van der Waals surface area contributed by atoms with Crippen molar-refractivity contribution in [1.82, 2.24) is 5.32 Å². The molecule has 3 nitrogen and oxygen atoms in total. The fourth-order valence-electron chi connectivity index (χ4n) is 3.02. The van der Waals surface area contributed by atoms with E-state index in [1.54, 1.807) is 14.0 Å².